The fourth-order valence-corrected chi connectivity index (χ4v) is 4.44. The van der Waals surface area contributed by atoms with E-state index in [0.29, 0.717) is 34.6 Å². The van der Waals surface area contributed by atoms with Gasteiger partial charge in [0.25, 0.3) is 11.6 Å². The number of carbonyl (C=O) groups excluding carboxylic acids is 1. The van der Waals surface area contributed by atoms with Crippen molar-refractivity contribution >= 4 is 27.0 Å². The summed E-state index contributed by atoms with van der Waals surface area (Å²) in [5.74, 6) is 0.0880. The maximum atomic E-state index is 13.2. The first-order chi connectivity index (χ1) is 15.1. The van der Waals surface area contributed by atoms with E-state index < -0.39 is 10.0 Å². The topological polar surface area (TPSA) is 114 Å². The maximum absolute atomic E-state index is 13.2. The minimum absolute atomic E-state index is 0.0358. The molecule has 0 radical (unpaired) electrons. The van der Waals surface area contributed by atoms with Gasteiger partial charge in [-0.25, -0.2) is 18.1 Å². The van der Waals surface area contributed by atoms with Gasteiger partial charge in [-0.1, -0.05) is 38.1 Å². The van der Waals surface area contributed by atoms with Crippen LogP contribution in [0.25, 0.3) is 11.1 Å². The van der Waals surface area contributed by atoms with E-state index in [4.69, 9.17) is 4.52 Å². The van der Waals surface area contributed by atoms with Gasteiger partial charge in [0.1, 0.15) is 0 Å². The van der Waals surface area contributed by atoms with Crippen molar-refractivity contribution in [2.45, 2.75) is 57.4 Å². The number of nitrogens with one attached hydrogen (secondary N) is 2. The molecule has 0 atom stereocenters. The van der Waals surface area contributed by atoms with Gasteiger partial charge in [0.15, 0.2) is 0 Å². The number of hydrogen-bond donors (Lipinski definition) is 2. The van der Waals surface area contributed by atoms with Crippen molar-refractivity contribution in [1.82, 2.24) is 20.2 Å². The third-order valence-corrected chi connectivity index (χ3v) is 6.82. The summed E-state index contributed by atoms with van der Waals surface area (Å²) in [7, 11) is -2.19. The highest BCUT2D eigenvalue weighted by molar-refractivity contribution is 7.89. The number of rotatable bonds is 7. The van der Waals surface area contributed by atoms with Crippen molar-refractivity contribution in [3.8, 4) is 0 Å². The lowest BCUT2D eigenvalue weighted by molar-refractivity contribution is 0.0952. The van der Waals surface area contributed by atoms with Crippen molar-refractivity contribution in [3.05, 3.63) is 52.8 Å². The van der Waals surface area contributed by atoms with Crippen LogP contribution in [0, 0.1) is 5.41 Å². The molecule has 0 spiro atoms. The summed E-state index contributed by atoms with van der Waals surface area (Å²) in [6, 6.07) is 8.34. The van der Waals surface area contributed by atoms with Gasteiger partial charge in [-0.3, -0.25) is 4.79 Å². The Morgan fingerprint density at radius 2 is 1.97 bits per heavy atom. The van der Waals surface area contributed by atoms with E-state index in [1.165, 1.54) is 13.1 Å². The van der Waals surface area contributed by atoms with Gasteiger partial charge in [0.2, 0.25) is 10.0 Å². The van der Waals surface area contributed by atoms with Crippen LogP contribution in [-0.4, -0.2) is 31.5 Å². The van der Waals surface area contributed by atoms with Crippen LogP contribution in [0.5, 0.6) is 0 Å². The Hall–Kier alpha value is -2.78. The molecule has 9 heteroatoms. The largest absolute Gasteiger partial charge is 0.348 e. The predicted molar refractivity (Wildman–Crippen MR) is 121 cm³/mol. The van der Waals surface area contributed by atoms with E-state index in [9.17, 15) is 13.2 Å². The Bertz CT molecular complexity index is 1270. The predicted octanol–water partition coefficient (Wildman–Crippen LogP) is 3.53. The molecule has 2 heterocycles. The molecule has 0 aliphatic heterocycles. The summed E-state index contributed by atoms with van der Waals surface area (Å²) in [5.41, 5.74) is 3.10. The van der Waals surface area contributed by atoms with Crippen molar-refractivity contribution in [2.24, 2.45) is 5.41 Å². The van der Waals surface area contributed by atoms with E-state index in [1.54, 1.807) is 18.2 Å². The van der Waals surface area contributed by atoms with Gasteiger partial charge in [-0.15, -0.1) is 0 Å². The molecular formula is C23H28N4O4S. The van der Waals surface area contributed by atoms with Gasteiger partial charge in [0, 0.05) is 18.2 Å². The number of fused-ring (bicyclic) bond motifs is 1. The Morgan fingerprint density at radius 1 is 1.22 bits per heavy atom. The molecule has 1 saturated carbocycles. The Labute approximate surface area is 187 Å². The van der Waals surface area contributed by atoms with Crippen LogP contribution in [-0.2, 0) is 23.0 Å². The van der Waals surface area contributed by atoms with Crippen LogP contribution in [0.2, 0.25) is 0 Å². The first-order valence-corrected chi connectivity index (χ1v) is 12.2. The third kappa shape index (κ3) is 4.83. The zero-order valence-corrected chi connectivity index (χ0v) is 19.5. The SMILES string of the molecule is CNS(=O)(=O)c1cccc(CNC(=O)c2cc(C3CC3)nc3onc(CC(C)(C)C)c23)c1. The zero-order valence-electron chi connectivity index (χ0n) is 18.7. The molecule has 0 unspecified atom stereocenters. The molecule has 1 aliphatic carbocycles. The minimum atomic E-state index is -3.56. The zero-order chi connectivity index (χ0) is 23.1. The van der Waals surface area contributed by atoms with E-state index in [0.717, 1.165) is 24.2 Å². The molecule has 32 heavy (non-hydrogen) atoms. The molecule has 170 valence electrons. The summed E-state index contributed by atoms with van der Waals surface area (Å²) in [6.07, 6.45) is 2.75. The van der Waals surface area contributed by atoms with Crippen LogP contribution < -0.4 is 10.0 Å². The molecule has 3 aromatic rings. The number of aromatic nitrogens is 2. The molecule has 2 aromatic heterocycles. The number of amides is 1. The second kappa shape index (κ2) is 8.29. The summed E-state index contributed by atoms with van der Waals surface area (Å²) in [6.45, 7) is 6.50. The molecule has 2 N–H and O–H groups in total. The molecule has 0 bridgehead atoms. The second-order valence-electron chi connectivity index (χ2n) is 9.45. The molecular weight excluding hydrogens is 428 g/mol. The van der Waals surface area contributed by atoms with Gasteiger partial charge in [-0.05, 0) is 55.5 Å². The number of hydrogen-bond acceptors (Lipinski definition) is 6. The summed E-state index contributed by atoms with van der Waals surface area (Å²) in [4.78, 5) is 18.0. The van der Waals surface area contributed by atoms with Gasteiger partial charge >= 0.3 is 0 Å². The van der Waals surface area contributed by atoms with E-state index in [1.807, 2.05) is 6.07 Å². The molecule has 0 saturated heterocycles. The number of pyridine rings is 1. The summed E-state index contributed by atoms with van der Waals surface area (Å²) >= 11 is 0. The number of sulfonamides is 1. The maximum Gasteiger partial charge on any atom is 0.259 e. The van der Waals surface area contributed by atoms with Gasteiger partial charge < -0.3 is 9.84 Å². The van der Waals surface area contributed by atoms with Crippen molar-refractivity contribution in [2.75, 3.05) is 7.05 Å². The monoisotopic (exact) mass is 456 g/mol. The fourth-order valence-electron chi connectivity index (χ4n) is 3.64. The standard InChI is InChI=1S/C23H28N4O4S/c1-23(2,3)12-19-20-17(11-18(15-8-9-15)26-22(20)31-27-19)21(28)25-13-14-6-5-7-16(10-14)32(29,30)24-4/h5-7,10-11,15,24H,8-9,12-13H2,1-4H3,(H,25,28). The van der Waals surface area contributed by atoms with Crippen LogP contribution in [0.15, 0.2) is 39.8 Å². The minimum Gasteiger partial charge on any atom is -0.348 e. The first-order valence-electron chi connectivity index (χ1n) is 10.7. The number of benzene rings is 1. The summed E-state index contributed by atoms with van der Waals surface area (Å²) in [5, 5.41) is 7.79. The third-order valence-electron chi connectivity index (χ3n) is 5.41. The summed E-state index contributed by atoms with van der Waals surface area (Å²) < 4.78 is 31.9. The quantitative estimate of drug-likeness (QED) is 0.562. The van der Waals surface area contributed by atoms with Crippen LogP contribution in [0.1, 0.15) is 66.8 Å². The molecule has 1 aliphatic rings. The fraction of sp³-hybridized carbons (Fsp3) is 0.435. The van der Waals surface area contributed by atoms with Crippen molar-refractivity contribution in [3.63, 3.8) is 0 Å². The van der Waals surface area contributed by atoms with Gasteiger partial charge in [0.05, 0.1) is 21.5 Å². The van der Waals surface area contributed by atoms with E-state index in [2.05, 4.69) is 41.0 Å². The lowest BCUT2D eigenvalue weighted by Crippen LogP contribution is -2.24. The van der Waals surface area contributed by atoms with Crippen LogP contribution >= 0.6 is 0 Å². The number of nitrogens with zero attached hydrogens (tertiary/aromatic N) is 2. The molecule has 4 rings (SSSR count). The molecule has 8 nitrogen and oxygen atoms in total. The Kier molecular flexibility index (Phi) is 5.81. The smallest absolute Gasteiger partial charge is 0.259 e. The highest BCUT2D eigenvalue weighted by atomic mass is 32.2. The molecule has 1 fully saturated rings. The highest BCUT2D eigenvalue weighted by Crippen LogP contribution is 2.41. The van der Waals surface area contributed by atoms with E-state index >= 15 is 0 Å². The highest BCUT2D eigenvalue weighted by Gasteiger charge is 2.30. The first kappa shape index (κ1) is 22.4. The van der Waals surface area contributed by atoms with Crippen LogP contribution in [0.4, 0.5) is 0 Å². The Morgan fingerprint density at radius 3 is 2.62 bits per heavy atom. The van der Waals surface area contributed by atoms with E-state index in [-0.39, 0.29) is 22.8 Å². The number of carbonyl (C=O) groups is 1. The average molecular weight is 457 g/mol. The average Bonchev–Trinajstić information content (AvgIpc) is 3.53. The Balaban J connectivity index is 1.64. The van der Waals surface area contributed by atoms with Crippen molar-refractivity contribution in [1.29, 1.82) is 0 Å². The normalized spacial score (nSPS) is 14.6. The van der Waals surface area contributed by atoms with Crippen LogP contribution in [0.3, 0.4) is 0 Å². The molecule has 1 amide bonds. The second-order valence-corrected chi connectivity index (χ2v) is 11.3. The molecule has 1 aromatic carbocycles. The van der Waals surface area contributed by atoms with Crippen molar-refractivity contribution < 1.29 is 17.7 Å². The lowest BCUT2D eigenvalue weighted by Gasteiger charge is -2.16. The lowest BCUT2D eigenvalue weighted by atomic mass is 9.89. The van der Waals surface area contributed by atoms with Gasteiger partial charge in [-0.2, -0.15) is 0 Å².